The van der Waals surface area contributed by atoms with Crippen molar-refractivity contribution in [3.8, 4) is 22.9 Å². The Balaban J connectivity index is 1.10. The predicted molar refractivity (Wildman–Crippen MR) is 166 cm³/mol. The Bertz CT molecular complexity index is 1660. The number of likely N-dealkylation sites (tertiary alicyclic amines) is 1. The van der Waals surface area contributed by atoms with E-state index in [1.165, 1.54) is 12.1 Å². The van der Waals surface area contributed by atoms with Gasteiger partial charge in [0, 0.05) is 56.7 Å². The van der Waals surface area contributed by atoms with E-state index in [-0.39, 0.29) is 24.0 Å². The molecule has 0 saturated carbocycles. The number of halogens is 1. The Kier molecular flexibility index (Phi) is 10.0. The molecule has 234 valence electrons. The lowest BCUT2D eigenvalue weighted by Crippen LogP contribution is -2.30. The molecule has 2 aromatic heterocycles. The van der Waals surface area contributed by atoms with Crippen LogP contribution in [0.3, 0.4) is 0 Å². The fourth-order valence-corrected chi connectivity index (χ4v) is 4.79. The summed E-state index contributed by atoms with van der Waals surface area (Å²) in [5.41, 5.74) is 8.38. The number of hydrogen-bond acceptors (Lipinski definition) is 7. The van der Waals surface area contributed by atoms with E-state index < -0.39 is 18.0 Å². The number of aromatic amines is 1. The Morgan fingerprint density at radius 1 is 1.07 bits per heavy atom. The Labute approximate surface area is 258 Å². The van der Waals surface area contributed by atoms with Crippen LogP contribution in [-0.2, 0) is 11.3 Å². The van der Waals surface area contributed by atoms with Crippen LogP contribution in [0.25, 0.3) is 11.4 Å². The average molecular weight is 616 g/mol. The normalized spacial score (nSPS) is 14.2. The molecule has 1 unspecified atom stereocenters. The monoisotopic (exact) mass is 615 g/mol. The zero-order valence-corrected chi connectivity index (χ0v) is 24.4. The first kappa shape index (κ1) is 31.2. The van der Waals surface area contributed by atoms with Gasteiger partial charge in [-0.15, -0.1) is 0 Å². The molecule has 1 atom stereocenters. The van der Waals surface area contributed by atoms with Crippen LogP contribution >= 0.6 is 0 Å². The third-order valence-corrected chi connectivity index (χ3v) is 7.18. The number of carbonyl (C=O) groups excluding carboxylic acids is 3. The second-order valence-corrected chi connectivity index (χ2v) is 10.5. The SMILES string of the molecule is NCc1ccc(F)c(NC(=O)Nc2ccc(Oc3ccnc(-c4cc(C(=O)NCCCC(=O)N5CCC(O)C5)c[nH]4)c3)cc2)c1. The molecule has 45 heavy (non-hydrogen) atoms. The quantitative estimate of drug-likeness (QED) is 0.137. The number of nitrogens with zero attached hydrogens (tertiary/aromatic N) is 2. The zero-order chi connectivity index (χ0) is 31.8. The van der Waals surface area contributed by atoms with Crippen molar-refractivity contribution < 1.29 is 28.6 Å². The fraction of sp³-hybridized carbons (Fsp3) is 0.250. The Hall–Kier alpha value is -5.27. The molecule has 1 aliphatic rings. The second-order valence-electron chi connectivity index (χ2n) is 10.5. The molecule has 1 aliphatic heterocycles. The van der Waals surface area contributed by atoms with Crippen molar-refractivity contribution in [2.24, 2.45) is 5.73 Å². The van der Waals surface area contributed by atoms with Gasteiger partial charge in [0.2, 0.25) is 5.91 Å². The van der Waals surface area contributed by atoms with E-state index in [9.17, 15) is 23.9 Å². The van der Waals surface area contributed by atoms with Crippen LogP contribution in [0.1, 0.15) is 35.2 Å². The molecule has 12 nitrogen and oxygen atoms in total. The highest BCUT2D eigenvalue weighted by Crippen LogP contribution is 2.27. The molecule has 0 bridgehead atoms. The summed E-state index contributed by atoms with van der Waals surface area (Å²) in [5, 5.41) is 17.5. The number of urea groups is 1. The first-order valence-electron chi connectivity index (χ1n) is 14.5. The van der Waals surface area contributed by atoms with Gasteiger partial charge in [-0.05, 0) is 66.9 Å². The number of β-amino-alcohol motifs (C(OH)–C–C–N with tert-alkyl or cyclic N) is 1. The predicted octanol–water partition coefficient (Wildman–Crippen LogP) is 4.21. The van der Waals surface area contributed by atoms with Crippen LogP contribution in [0.15, 0.2) is 73.1 Å². The van der Waals surface area contributed by atoms with Crippen LogP contribution in [0, 0.1) is 5.82 Å². The summed E-state index contributed by atoms with van der Waals surface area (Å²) in [7, 11) is 0. The lowest BCUT2D eigenvalue weighted by atomic mass is 10.2. The topological polar surface area (TPSA) is 175 Å². The summed E-state index contributed by atoms with van der Waals surface area (Å²) in [6.45, 7) is 1.51. The number of rotatable bonds is 11. The van der Waals surface area contributed by atoms with Gasteiger partial charge >= 0.3 is 6.03 Å². The summed E-state index contributed by atoms with van der Waals surface area (Å²) in [4.78, 5) is 46.2. The number of aliphatic hydroxyl groups is 1. The van der Waals surface area contributed by atoms with E-state index in [4.69, 9.17) is 10.5 Å². The minimum absolute atomic E-state index is 0.0171. The number of aliphatic hydroxyl groups excluding tert-OH is 1. The lowest BCUT2D eigenvalue weighted by Gasteiger charge is -2.15. The van der Waals surface area contributed by atoms with E-state index in [0.29, 0.717) is 78.6 Å². The largest absolute Gasteiger partial charge is 0.457 e. The maximum absolute atomic E-state index is 14.0. The van der Waals surface area contributed by atoms with Crippen LogP contribution in [-0.4, -0.2) is 63.6 Å². The third-order valence-electron chi connectivity index (χ3n) is 7.18. The summed E-state index contributed by atoms with van der Waals surface area (Å²) >= 11 is 0. The number of hydrogen-bond donors (Lipinski definition) is 6. The number of pyridine rings is 1. The molecule has 7 N–H and O–H groups in total. The molecular formula is C32H34FN7O5. The molecule has 13 heteroatoms. The molecule has 1 saturated heterocycles. The van der Waals surface area contributed by atoms with E-state index in [2.05, 4.69) is 25.9 Å². The Morgan fingerprint density at radius 3 is 2.64 bits per heavy atom. The minimum atomic E-state index is -0.608. The first-order valence-corrected chi connectivity index (χ1v) is 14.5. The van der Waals surface area contributed by atoms with Crippen LogP contribution in [0.5, 0.6) is 11.5 Å². The van der Waals surface area contributed by atoms with E-state index in [1.807, 2.05) is 0 Å². The van der Waals surface area contributed by atoms with Crippen molar-refractivity contribution in [3.05, 3.63) is 90.0 Å². The van der Waals surface area contributed by atoms with E-state index in [1.54, 1.807) is 65.8 Å². The molecule has 0 radical (unpaired) electrons. The molecule has 3 heterocycles. The molecule has 0 aliphatic carbocycles. The van der Waals surface area contributed by atoms with Gasteiger partial charge in [0.15, 0.2) is 0 Å². The molecule has 0 spiro atoms. The highest BCUT2D eigenvalue weighted by Gasteiger charge is 2.24. The molecule has 4 amide bonds. The zero-order valence-electron chi connectivity index (χ0n) is 24.4. The van der Waals surface area contributed by atoms with Crippen molar-refractivity contribution in [1.82, 2.24) is 20.2 Å². The van der Waals surface area contributed by atoms with Gasteiger partial charge in [0.25, 0.3) is 5.91 Å². The van der Waals surface area contributed by atoms with Crippen LogP contribution in [0.2, 0.25) is 0 Å². The van der Waals surface area contributed by atoms with Gasteiger partial charge in [0.05, 0.1) is 28.7 Å². The standard InChI is InChI=1S/C32H34FN7O5/c33-26-8-3-20(17-34)14-27(26)39-32(44)38-22-4-6-24(7-5-22)45-25-9-12-35-29(16-25)28-15-21(18-37-28)31(43)36-11-1-2-30(42)40-13-10-23(41)19-40/h3-9,12,14-16,18,23,37,41H,1-2,10-11,13,17,19,34H2,(H,36,43)(H2,38,39,44). The minimum Gasteiger partial charge on any atom is -0.457 e. The number of nitrogens with two attached hydrogens (primary N) is 1. The number of aromatic nitrogens is 2. The first-order chi connectivity index (χ1) is 21.8. The second kappa shape index (κ2) is 14.5. The number of H-pyrrole nitrogens is 1. The number of carbonyl (C=O) groups is 3. The Morgan fingerprint density at radius 2 is 1.89 bits per heavy atom. The van der Waals surface area contributed by atoms with Crippen LogP contribution < -0.4 is 26.4 Å². The number of anilines is 2. The summed E-state index contributed by atoms with van der Waals surface area (Å²) in [6, 6.07) is 15.4. The molecule has 2 aromatic carbocycles. The number of nitrogens with one attached hydrogen (secondary N) is 4. The maximum Gasteiger partial charge on any atom is 0.323 e. The average Bonchev–Trinajstić information content (AvgIpc) is 3.71. The van der Waals surface area contributed by atoms with Gasteiger partial charge < -0.3 is 41.4 Å². The summed E-state index contributed by atoms with van der Waals surface area (Å²) in [5.74, 6) is 0.152. The lowest BCUT2D eigenvalue weighted by molar-refractivity contribution is -0.130. The van der Waals surface area contributed by atoms with Crippen LogP contribution in [0.4, 0.5) is 20.6 Å². The van der Waals surface area contributed by atoms with Crippen molar-refractivity contribution >= 4 is 29.2 Å². The van der Waals surface area contributed by atoms with Gasteiger partial charge in [-0.25, -0.2) is 9.18 Å². The highest BCUT2D eigenvalue weighted by molar-refractivity contribution is 6.00. The van der Waals surface area contributed by atoms with Crippen molar-refractivity contribution in [2.45, 2.75) is 31.9 Å². The molecule has 1 fully saturated rings. The molecular weight excluding hydrogens is 581 g/mol. The summed E-state index contributed by atoms with van der Waals surface area (Å²) in [6.07, 6.45) is 4.14. The number of ether oxygens (including phenoxy) is 1. The van der Waals surface area contributed by atoms with Crippen molar-refractivity contribution in [3.63, 3.8) is 0 Å². The maximum atomic E-state index is 14.0. The number of benzene rings is 2. The highest BCUT2D eigenvalue weighted by atomic mass is 19.1. The van der Waals surface area contributed by atoms with E-state index in [0.717, 1.165) is 0 Å². The van der Waals surface area contributed by atoms with Gasteiger partial charge in [-0.3, -0.25) is 14.6 Å². The van der Waals surface area contributed by atoms with Gasteiger partial charge in [-0.2, -0.15) is 0 Å². The summed E-state index contributed by atoms with van der Waals surface area (Å²) < 4.78 is 20.0. The number of amides is 4. The fourth-order valence-electron chi connectivity index (χ4n) is 4.79. The third kappa shape index (κ3) is 8.43. The molecule has 4 aromatic rings. The van der Waals surface area contributed by atoms with Crippen molar-refractivity contribution in [2.75, 3.05) is 30.3 Å². The van der Waals surface area contributed by atoms with Gasteiger partial charge in [-0.1, -0.05) is 6.07 Å². The van der Waals surface area contributed by atoms with E-state index >= 15 is 0 Å². The van der Waals surface area contributed by atoms with Crippen molar-refractivity contribution in [1.29, 1.82) is 0 Å². The van der Waals surface area contributed by atoms with Gasteiger partial charge in [0.1, 0.15) is 17.3 Å². The smallest absolute Gasteiger partial charge is 0.323 e. The molecule has 5 rings (SSSR count).